The van der Waals surface area contributed by atoms with Gasteiger partial charge in [-0.15, -0.1) is 0 Å². The van der Waals surface area contributed by atoms with Gasteiger partial charge in [0, 0.05) is 11.3 Å². The van der Waals surface area contributed by atoms with Crippen LogP contribution in [0.3, 0.4) is 0 Å². The van der Waals surface area contributed by atoms with Crippen molar-refractivity contribution in [3.05, 3.63) is 54.1 Å². The van der Waals surface area contributed by atoms with Gasteiger partial charge in [0.25, 0.3) is 0 Å². The molecule has 0 saturated carbocycles. The van der Waals surface area contributed by atoms with Gasteiger partial charge in [-0.1, -0.05) is 38.1 Å². The monoisotopic (exact) mass is 239 g/mol. The zero-order valence-electron chi connectivity index (χ0n) is 11.0. The van der Waals surface area contributed by atoms with Crippen LogP contribution >= 0.6 is 0 Å². The number of benzene rings is 2. The van der Waals surface area contributed by atoms with Crippen LogP contribution in [0.25, 0.3) is 0 Å². The third-order valence-electron chi connectivity index (χ3n) is 2.65. The van der Waals surface area contributed by atoms with E-state index < -0.39 is 0 Å². The average molecular weight is 239 g/mol. The minimum absolute atomic E-state index is 0.812. The summed E-state index contributed by atoms with van der Waals surface area (Å²) in [5.74, 6) is 1.68. The van der Waals surface area contributed by atoms with Crippen molar-refractivity contribution in [3.8, 4) is 11.5 Å². The molecule has 2 nitrogen and oxygen atoms in total. The van der Waals surface area contributed by atoms with Crippen molar-refractivity contribution in [2.75, 3.05) is 0 Å². The molecular formula is C16H17NO. The lowest BCUT2D eigenvalue weighted by Gasteiger charge is -2.07. The fourth-order valence-corrected chi connectivity index (χ4v) is 1.85. The zero-order chi connectivity index (χ0) is 13.0. The molecule has 1 aliphatic rings. The van der Waals surface area contributed by atoms with E-state index in [0.717, 1.165) is 28.5 Å². The lowest BCUT2D eigenvalue weighted by molar-refractivity contribution is 0.485. The predicted molar refractivity (Wildman–Crippen MR) is 76.2 cm³/mol. The van der Waals surface area contributed by atoms with Gasteiger partial charge in [0.2, 0.25) is 0 Å². The van der Waals surface area contributed by atoms with Gasteiger partial charge in [0.15, 0.2) is 5.75 Å². The molecule has 0 spiro atoms. The molecule has 0 saturated heterocycles. The van der Waals surface area contributed by atoms with Gasteiger partial charge >= 0.3 is 0 Å². The Hall–Kier alpha value is -2.09. The van der Waals surface area contributed by atoms with Gasteiger partial charge in [0.05, 0.1) is 0 Å². The van der Waals surface area contributed by atoms with Gasteiger partial charge in [-0.05, 0) is 31.2 Å². The van der Waals surface area contributed by atoms with Crippen LogP contribution in [0.1, 0.15) is 26.3 Å². The Bertz CT molecular complexity index is 573. The van der Waals surface area contributed by atoms with E-state index in [9.17, 15) is 0 Å². The molecule has 3 rings (SSSR count). The summed E-state index contributed by atoms with van der Waals surface area (Å²) in [5.41, 5.74) is 2.93. The molecule has 2 heteroatoms. The number of aliphatic imine (C=N–C) groups is 1. The van der Waals surface area contributed by atoms with Crippen LogP contribution in [-0.2, 0) is 0 Å². The number of rotatable bonds is 0. The number of para-hydroxylation sites is 3. The summed E-state index contributed by atoms with van der Waals surface area (Å²) in [5, 5.41) is 0. The van der Waals surface area contributed by atoms with Crippen LogP contribution in [0.2, 0.25) is 0 Å². The molecule has 0 aliphatic carbocycles. The number of ether oxygens (including phenoxy) is 1. The van der Waals surface area contributed by atoms with Crippen molar-refractivity contribution in [1.29, 1.82) is 0 Å². The minimum atomic E-state index is 0.812. The first kappa shape index (κ1) is 12.4. The maximum atomic E-state index is 5.86. The third kappa shape index (κ3) is 2.28. The molecule has 1 heterocycles. The Labute approximate surface area is 108 Å². The SMILES string of the molecule is CC.CC1=Nc2ccccc2Oc2ccccc21. The summed E-state index contributed by atoms with van der Waals surface area (Å²) in [6.07, 6.45) is 0. The standard InChI is InChI=1S/C14H11NO.C2H6/c1-10-11-6-2-4-8-13(11)16-14-9-5-3-7-12(14)15-10;1-2/h2-9H,1H3;1-2H3. The summed E-state index contributed by atoms with van der Waals surface area (Å²) in [7, 11) is 0. The smallest absolute Gasteiger partial charge is 0.153 e. The highest BCUT2D eigenvalue weighted by Crippen LogP contribution is 2.36. The Morgan fingerprint density at radius 2 is 1.44 bits per heavy atom. The van der Waals surface area contributed by atoms with Gasteiger partial charge in [-0.25, -0.2) is 4.99 Å². The van der Waals surface area contributed by atoms with E-state index in [0.29, 0.717) is 0 Å². The molecule has 0 radical (unpaired) electrons. The predicted octanol–water partition coefficient (Wildman–Crippen LogP) is 4.96. The Balaban J connectivity index is 0.000000574. The fourth-order valence-electron chi connectivity index (χ4n) is 1.85. The lowest BCUT2D eigenvalue weighted by atomic mass is 10.1. The second kappa shape index (κ2) is 5.50. The molecule has 92 valence electrons. The van der Waals surface area contributed by atoms with E-state index >= 15 is 0 Å². The van der Waals surface area contributed by atoms with Crippen molar-refractivity contribution in [1.82, 2.24) is 0 Å². The van der Waals surface area contributed by atoms with Crippen LogP contribution in [0.4, 0.5) is 5.69 Å². The summed E-state index contributed by atoms with van der Waals surface area (Å²) >= 11 is 0. The molecule has 2 aromatic carbocycles. The topological polar surface area (TPSA) is 21.6 Å². The molecule has 0 N–H and O–H groups in total. The Morgan fingerprint density at radius 1 is 0.833 bits per heavy atom. The molecule has 1 aliphatic heterocycles. The van der Waals surface area contributed by atoms with E-state index in [2.05, 4.69) is 4.99 Å². The highest BCUT2D eigenvalue weighted by molar-refractivity contribution is 6.03. The van der Waals surface area contributed by atoms with E-state index in [1.807, 2.05) is 69.3 Å². The lowest BCUT2D eigenvalue weighted by Crippen LogP contribution is -1.94. The number of nitrogens with zero attached hydrogens (tertiary/aromatic N) is 1. The minimum Gasteiger partial charge on any atom is -0.454 e. The molecule has 0 aromatic heterocycles. The highest BCUT2D eigenvalue weighted by atomic mass is 16.5. The highest BCUT2D eigenvalue weighted by Gasteiger charge is 2.13. The summed E-state index contributed by atoms with van der Waals surface area (Å²) in [6.45, 7) is 6.00. The molecule has 2 aromatic rings. The van der Waals surface area contributed by atoms with E-state index in [4.69, 9.17) is 4.74 Å². The van der Waals surface area contributed by atoms with Gasteiger partial charge in [-0.3, -0.25) is 0 Å². The van der Waals surface area contributed by atoms with Gasteiger partial charge in [-0.2, -0.15) is 0 Å². The van der Waals surface area contributed by atoms with Gasteiger partial charge in [0.1, 0.15) is 11.4 Å². The zero-order valence-corrected chi connectivity index (χ0v) is 11.0. The van der Waals surface area contributed by atoms with Crippen molar-refractivity contribution < 1.29 is 4.74 Å². The van der Waals surface area contributed by atoms with Crippen LogP contribution in [0, 0.1) is 0 Å². The quantitative estimate of drug-likeness (QED) is 0.636. The number of fused-ring (bicyclic) bond motifs is 2. The van der Waals surface area contributed by atoms with Crippen molar-refractivity contribution in [2.24, 2.45) is 4.99 Å². The van der Waals surface area contributed by atoms with E-state index in [-0.39, 0.29) is 0 Å². The third-order valence-corrected chi connectivity index (χ3v) is 2.65. The van der Waals surface area contributed by atoms with Crippen LogP contribution < -0.4 is 4.74 Å². The second-order valence-electron chi connectivity index (χ2n) is 3.76. The summed E-state index contributed by atoms with van der Waals surface area (Å²) in [6, 6.07) is 15.8. The second-order valence-corrected chi connectivity index (χ2v) is 3.76. The van der Waals surface area contributed by atoms with Crippen molar-refractivity contribution in [3.63, 3.8) is 0 Å². The number of hydrogen-bond acceptors (Lipinski definition) is 2. The van der Waals surface area contributed by atoms with Crippen LogP contribution in [-0.4, -0.2) is 5.71 Å². The molecule has 0 unspecified atom stereocenters. The first-order chi connectivity index (χ1) is 8.84. The van der Waals surface area contributed by atoms with E-state index in [1.165, 1.54) is 0 Å². The summed E-state index contributed by atoms with van der Waals surface area (Å²) in [4.78, 5) is 4.57. The first-order valence-corrected chi connectivity index (χ1v) is 6.26. The molecule has 0 fully saturated rings. The maximum Gasteiger partial charge on any atom is 0.153 e. The largest absolute Gasteiger partial charge is 0.454 e. The van der Waals surface area contributed by atoms with Crippen molar-refractivity contribution in [2.45, 2.75) is 20.8 Å². The molecular weight excluding hydrogens is 222 g/mol. The first-order valence-electron chi connectivity index (χ1n) is 6.26. The Morgan fingerprint density at radius 3 is 2.22 bits per heavy atom. The summed E-state index contributed by atoms with van der Waals surface area (Å²) < 4.78 is 5.86. The maximum absolute atomic E-state index is 5.86. The van der Waals surface area contributed by atoms with Crippen molar-refractivity contribution >= 4 is 11.4 Å². The molecule has 0 amide bonds. The normalized spacial score (nSPS) is 11.8. The number of hydrogen-bond donors (Lipinski definition) is 0. The fraction of sp³-hybridized carbons (Fsp3) is 0.188. The average Bonchev–Trinajstić information content (AvgIpc) is 2.57. The molecule has 0 atom stereocenters. The van der Waals surface area contributed by atoms with Crippen LogP contribution in [0.15, 0.2) is 53.5 Å². The molecule has 0 bridgehead atoms. The van der Waals surface area contributed by atoms with Gasteiger partial charge < -0.3 is 4.74 Å². The Kier molecular flexibility index (Phi) is 3.78. The van der Waals surface area contributed by atoms with Crippen LogP contribution in [0.5, 0.6) is 11.5 Å². The van der Waals surface area contributed by atoms with E-state index in [1.54, 1.807) is 0 Å². The molecule has 18 heavy (non-hydrogen) atoms.